The lowest BCUT2D eigenvalue weighted by molar-refractivity contribution is -0.157. The fourth-order valence-electron chi connectivity index (χ4n) is 8.00. The van der Waals surface area contributed by atoms with Crippen LogP contribution in [0.3, 0.4) is 0 Å². The predicted octanol–water partition coefficient (Wildman–Crippen LogP) is 0.110. The van der Waals surface area contributed by atoms with Gasteiger partial charge in [0.25, 0.3) is 0 Å². The van der Waals surface area contributed by atoms with Crippen LogP contribution >= 0.6 is 0 Å². The summed E-state index contributed by atoms with van der Waals surface area (Å²) in [6.45, 7) is 2.66. The number of hydrogen-bond donors (Lipinski definition) is 4. The van der Waals surface area contributed by atoms with E-state index in [0.717, 1.165) is 13.1 Å². The van der Waals surface area contributed by atoms with E-state index in [4.69, 9.17) is 20.6 Å². The summed E-state index contributed by atoms with van der Waals surface area (Å²) in [5, 5.41) is 31.7. The molecule has 12 heteroatoms. The zero-order chi connectivity index (χ0) is 30.2. The zero-order valence-electron chi connectivity index (χ0n) is 24.1. The molecule has 4 fully saturated rings. The first kappa shape index (κ1) is 28.9. The molecule has 1 aromatic rings. The van der Waals surface area contributed by atoms with Gasteiger partial charge in [-0.1, -0.05) is 0 Å². The Labute approximate surface area is 243 Å². The first-order chi connectivity index (χ1) is 19.9. The number of nitrogens with zero attached hydrogens (tertiary/aromatic N) is 2. The molecule has 0 bridgehead atoms. The Morgan fingerprint density at radius 2 is 2.00 bits per heavy atom. The molecule has 1 aliphatic heterocycles. The quantitative estimate of drug-likeness (QED) is 0.336. The number of phenolic OH excluding ortho intramolecular Hbond substituents is 1. The van der Waals surface area contributed by atoms with Gasteiger partial charge < -0.3 is 30.8 Å². The maximum Gasteiger partial charge on any atom is 0.233 e. The van der Waals surface area contributed by atoms with Crippen LogP contribution in [0, 0.1) is 35.0 Å². The van der Waals surface area contributed by atoms with E-state index in [0.29, 0.717) is 36.0 Å². The van der Waals surface area contributed by atoms with Crippen LogP contribution in [0.15, 0.2) is 6.07 Å². The number of fused-ring (bicyclic) bond motifs is 3. The summed E-state index contributed by atoms with van der Waals surface area (Å²) >= 11 is 0. The van der Waals surface area contributed by atoms with E-state index in [1.165, 1.54) is 30.9 Å². The van der Waals surface area contributed by atoms with Crippen LogP contribution in [0.2, 0.25) is 0 Å². The van der Waals surface area contributed by atoms with Gasteiger partial charge in [-0.3, -0.25) is 29.0 Å². The largest absolute Gasteiger partial charge is 0.507 e. The highest BCUT2D eigenvalue weighted by molar-refractivity contribution is 6.33. The second kappa shape index (κ2) is 10.2. The van der Waals surface area contributed by atoms with Crippen LogP contribution in [-0.2, 0) is 25.5 Å². The van der Waals surface area contributed by atoms with Crippen LogP contribution < -0.4 is 10.5 Å². The van der Waals surface area contributed by atoms with Crippen molar-refractivity contribution in [2.75, 3.05) is 47.5 Å². The maximum absolute atomic E-state index is 14.1. The van der Waals surface area contributed by atoms with E-state index in [2.05, 4.69) is 4.90 Å². The Kier molecular flexibility index (Phi) is 7.03. The van der Waals surface area contributed by atoms with Gasteiger partial charge >= 0.3 is 0 Å². The highest BCUT2D eigenvalue weighted by Gasteiger charge is 2.67. The summed E-state index contributed by atoms with van der Waals surface area (Å²) in [4.78, 5) is 57.6. The Morgan fingerprint density at radius 3 is 2.62 bits per heavy atom. The first-order valence-electron chi connectivity index (χ1n) is 14.6. The molecular weight excluding hydrogens is 544 g/mol. The number of benzene rings is 1. The van der Waals surface area contributed by atoms with Gasteiger partial charge in [0, 0.05) is 30.1 Å². The van der Waals surface area contributed by atoms with Crippen molar-refractivity contribution in [2.45, 2.75) is 43.4 Å². The first-order valence-corrected chi connectivity index (χ1v) is 14.6. The predicted molar refractivity (Wildman–Crippen MR) is 148 cm³/mol. The number of likely N-dealkylation sites (N-methyl/N-ethyl adjacent to an activating group) is 1. The Balaban J connectivity index is 1.43. The topological polar surface area (TPSA) is 184 Å². The van der Waals surface area contributed by atoms with Gasteiger partial charge in [-0.05, 0) is 57.7 Å². The van der Waals surface area contributed by atoms with Gasteiger partial charge in [0.05, 0.1) is 49.6 Å². The fraction of sp³-hybridized carbons (Fsp3) is 0.633. The fourth-order valence-corrected chi connectivity index (χ4v) is 8.00. The summed E-state index contributed by atoms with van der Waals surface area (Å²) in [7, 11) is 4.71. The minimum absolute atomic E-state index is 0.0354. The number of ether oxygens (including phenoxy) is 2. The number of carbonyl (C=O) groups is 4. The molecule has 7 atom stereocenters. The van der Waals surface area contributed by atoms with Gasteiger partial charge in [-0.25, -0.2) is 0 Å². The van der Waals surface area contributed by atoms with E-state index < -0.39 is 64.3 Å². The smallest absolute Gasteiger partial charge is 0.233 e. The van der Waals surface area contributed by atoms with Crippen molar-refractivity contribution in [3.8, 4) is 11.5 Å². The highest BCUT2D eigenvalue weighted by atomic mass is 16.5. The number of amides is 1. The monoisotopic (exact) mass is 582 g/mol. The molecule has 0 aromatic heterocycles. The highest BCUT2D eigenvalue weighted by Crippen LogP contribution is 2.53. The number of morpholine rings is 1. The molecule has 5 aliphatic rings. The summed E-state index contributed by atoms with van der Waals surface area (Å²) < 4.78 is 11.7. The van der Waals surface area contributed by atoms with Crippen LogP contribution in [0.4, 0.5) is 0 Å². The number of nitrogens with two attached hydrogens (primary N) is 1. The van der Waals surface area contributed by atoms with Gasteiger partial charge in [-0.15, -0.1) is 0 Å². The molecule has 42 heavy (non-hydrogen) atoms. The molecule has 1 amide bonds. The van der Waals surface area contributed by atoms with E-state index in [1.807, 2.05) is 0 Å². The summed E-state index contributed by atoms with van der Waals surface area (Å²) in [5.74, 6) is -7.39. The number of ketones is 3. The second-order valence-corrected chi connectivity index (χ2v) is 12.7. The molecule has 12 nitrogen and oxygen atoms in total. The van der Waals surface area contributed by atoms with E-state index >= 15 is 0 Å². The van der Waals surface area contributed by atoms with Crippen LogP contribution in [-0.4, -0.2) is 108 Å². The number of Topliss-reactive ketones (excluding diaryl/α,β-unsaturated/α-hetero) is 3. The van der Waals surface area contributed by atoms with Gasteiger partial charge in [0.2, 0.25) is 5.91 Å². The molecule has 4 aliphatic carbocycles. The molecule has 226 valence electrons. The summed E-state index contributed by atoms with van der Waals surface area (Å²) in [5.41, 5.74) is 3.31. The van der Waals surface area contributed by atoms with E-state index in [9.17, 15) is 29.4 Å². The molecular formula is C30H38N4O8. The second-order valence-electron chi connectivity index (χ2n) is 12.7. The maximum atomic E-state index is 14.1. The minimum atomic E-state index is -2.53. The summed E-state index contributed by atoms with van der Waals surface area (Å²) in [6, 6.07) is 0.267. The van der Waals surface area contributed by atoms with Crippen LogP contribution in [0.1, 0.15) is 46.8 Å². The Bertz CT molecular complexity index is 1390. The lowest BCUT2D eigenvalue weighted by atomic mass is 9.52. The third-order valence-corrected chi connectivity index (χ3v) is 10.1. The molecule has 7 unspecified atom stereocenters. The third-order valence-electron chi connectivity index (χ3n) is 10.1. The molecule has 1 saturated heterocycles. The SMILES string of the molecule is COc1c(C2COCCN2CC2CC2)cc(O)c2c1CC1CC3C(N(C)C)C(=O)C(C(N)=O)C(=N)C3(O)C(=O)C1C2=O. The zero-order valence-corrected chi connectivity index (χ0v) is 24.1. The van der Waals surface area contributed by atoms with E-state index in [1.54, 1.807) is 14.1 Å². The van der Waals surface area contributed by atoms with Crippen LogP contribution in [0.25, 0.3) is 0 Å². The molecule has 5 N–H and O–H groups in total. The van der Waals surface area contributed by atoms with Gasteiger partial charge in [0.1, 0.15) is 17.4 Å². The number of carbonyl (C=O) groups excluding carboxylic acids is 4. The standard InChI is InChI=1S/C30H38N4O8/c1-33(2)23-17-9-14-8-16-21(24(36)20(14)28(38)30(17,40)27(31)22(25(23)37)29(32)39)19(35)10-15(26(16)41-3)18-12-42-7-6-34(18)11-13-4-5-13/h10,13-14,17-18,20,22-23,31,35,40H,4-9,11-12H2,1-3H3,(H2,32,39). The van der Waals surface area contributed by atoms with Crippen molar-refractivity contribution in [1.82, 2.24) is 9.80 Å². The molecule has 0 radical (unpaired) electrons. The number of aliphatic hydroxyl groups is 1. The average molecular weight is 583 g/mol. The van der Waals surface area contributed by atoms with Crippen molar-refractivity contribution >= 4 is 29.0 Å². The number of primary amides is 1. The summed E-state index contributed by atoms with van der Waals surface area (Å²) in [6.07, 6.45) is 2.62. The normalized spacial score (nSPS) is 35.1. The lowest BCUT2D eigenvalue weighted by Gasteiger charge is -2.53. The Morgan fingerprint density at radius 1 is 1.29 bits per heavy atom. The van der Waals surface area contributed by atoms with Crippen molar-refractivity contribution in [1.29, 1.82) is 5.41 Å². The molecule has 3 saturated carbocycles. The van der Waals surface area contributed by atoms with Crippen molar-refractivity contribution in [2.24, 2.45) is 35.3 Å². The lowest BCUT2D eigenvalue weighted by Crippen LogP contribution is -2.73. The van der Waals surface area contributed by atoms with E-state index in [-0.39, 0.29) is 30.2 Å². The number of methoxy groups -OCH3 is 1. The third kappa shape index (κ3) is 4.14. The number of hydrogen-bond acceptors (Lipinski definition) is 11. The molecule has 0 spiro atoms. The molecule has 6 rings (SSSR count). The molecule has 1 heterocycles. The number of phenols is 1. The van der Waals surface area contributed by atoms with Crippen molar-refractivity contribution in [3.05, 3.63) is 22.8 Å². The van der Waals surface area contributed by atoms with Gasteiger partial charge in [0.15, 0.2) is 23.0 Å². The van der Waals surface area contributed by atoms with Crippen LogP contribution in [0.5, 0.6) is 11.5 Å². The number of aromatic hydroxyl groups is 1. The van der Waals surface area contributed by atoms with Crippen molar-refractivity contribution in [3.63, 3.8) is 0 Å². The number of rotatable bonds is 6. The van der Waals surface area contributed by atoms with Crippen molar-refractivity contribution < 1.29 is 38.9 Å². The number of nitrogens with one attached hydrogen (secondary N) is 1. The average Bonchev–Trinajstić information content (AvgIpc) is 3.74. The molecule has 1 aromatic carbocycles. The minimum Gasteiger partial charge on any atom is -0.507 e. The van der Waals surface area contributed by atoms with Gasteiger partial charge in [-0.2, -0.15) is 0 Å². The Hall–Kier alpha value is -3.19.